The fourth-order valence-electron chi connectivity index (χ4n) is 2.04. The zero-order valence-corrected chi connectivity index (χ0v) is 10.5. The highest BCUT2D eigenvalue weighted by Gasteiger charge is 2.22. The molecule has 6 heteroatoms. The number of hydrogen-bond donors (Lipinski definition) is 2. The Morgan fingerprint density at radius 1 is 1.22 bits per heavy atom. The summed E-state index contributed by atoms with van der Waals surface area (Å²) in [5.74, 6) is -0.837. The average molecular weight is 259 g/mol. The first kappa shape index (κ1) is 14.9. The summed E-state index contributed by atoms with van der Waals surface area (Å²) >= 11 is 0. The molecule has 1 amide bonds. The molecule has 0 unspecified atom stereocenters. The van der Waals surface area contributed by atoms with Crippen LogP contribution in [0.5, 0.6) is 0 Å². The highest BCUT2D eigenvalue weighted by molar-refractivity contribution is 5.77. The fraction of sp³-hybridized carbons (Fsp3) is 0.833. The smallest absolute Gasteiger partial charge is 0.303 e. The van der Waals surface area contributed by atoms with Gasteiger partial charge in [-0.2, -0.15) is 0 Å². The number of carbonyl (C=O) groups excluding carboxylic acids is 1. The second kappa shape index (κ2) is 8.05. The summed E-state index contributed by atoms with van der Waals surface area (Å²) in [6.07, 6.45) is 2.43. The van der Waals surface area contributed by atoms with Gasteiger partial charge in [0.2, 0.25) is 5.91 Å². The second-order valence-electron chi connectivity index (χ2n) is 4.42. The van der Waals surface area contributed by atoms with Gasteiger partial charge in [0.05, 0.1) is 19.3 Å². The van der Waals surface area contributed by atoms with Crippen LogP contribution in [0, 0.1) is 0 Å². The number of rotatable bonds is 7. The van der Waals surface area contributed by atoms with E-state index in [2.05, 4.69) is 0 Å². The lowest BCUT2D eigenvalue weighted by Gasteiger charge is -2.31. The topological polar surface area (TPSA) is 87.1 Å². The molecule has 104 valence electrons. The predicted octanol–water partition coefficient (Wildman–Crippen LogP) is 0.241. The molecule has 1 aliphatic heterocycles. The molecule has 0 aromatic carbocycles. The van der Waals surface area contributed by atoms with Gasteiger partial charge in [-0.3, -0.25) is 9.59 Å². The maximum Gasteiger partial charge on any atom is 0.303 e. The van der Waals surface area contributed by atoms with Crippen molar-refractivity contribution in [2.24, 2.45) is 0 Å². The maximum atomic E-state index is 11.8. The Hall–Kier alpha value is -1.14. The molecule has 18 heavy (non-hydrogen) atoms. The van der Waals surface area contributed by atoms with Crippen LogP contribution < -0.4 is 0 Å². The number of carbonyl (C=O) groups is 2. The van der Waals surface area contributed by atoms with Crippen LogP contribution >= 0.6 is 0 Å². The van der Waals surface area contributed by atoms with E-state index < -0.39 is 5.97 Å². The van der Waals surface area contributed by atoms with E-state index >= 15 is 0 Å². The highest BCUT2D eigenvalue weighted by Crippen LogP contribution is 2.15. The van der Waals surface area contributed by atoms with Crippen LogP contribution in [0.1, 0.15) is 32.1 Å². The maximum absolute atomic E-state index is 11.8. The lowest BCUT2D eigenvalue weighted by atomic mass is 10.1. The first-order chi connectivity index (χ1) is 8.63. The monoisotopic (exact) mass is 259 g/mol. The zero-order chi connectivity index (χ0) is 13.4. The van der Waals surface area contributed by atoms with Crippen molar-refractivity contribution >= 4 is 11.9 Å². The molecule has 0 spiro atoms. The molecule has 0 radical (unpaired) electrons. The van der Waals surface area contributed by atoms with Crippen molar-refractivity contribution in [1.82, 2.24) is 4.90 Å². The van der Waals surface area contributed by atoms with Crippen molar-refractivity contribution in [3.8, 4) is 0 Å². The number of ether oxygens (including phenoxy) is 1. The van der Waals surface area contributed by atoms with Crippen molar-refractivity contribution < 1.29 is 24.5 Å². The molecule has 1 aliphatic rings. The molecule has 1 heterocycles. The van der Waals surface area contributed by atoms with Gasteiger partial charge < -0.3 is 19.8 Å². The molecule has 2 N–H and O–H groups in total. The third-order valence-corrected chi connectivity index (χ3v) is 3.02. The Morgan fingerprint density at radius 3 is 2.44 bits per heavy atom. The minimum absolute atomic E-state index is 0.0222. The number of carboxylic acids is 1. The molecule has 0 bridgehead atoms. The number of piperidine rings is 1. The van der Waals surface area contributed by atoms with Gasteiger partial charge in [-0.05, 0) is 19.3 Å². The SMILES string of the molecule is O=C(O)CCCC(=O)N1CCC(OCCO)CC1. The van der Waals surface area contributed by atoms with E-state index in [9.17, 15) is 9.59 Å². The van der Waals surface area contributed by atoms with Crippen LogP contribution in [-0.4, -0.2) is 59.4 Å². The number of likely N-dealkylation sites (tertiary alicyclic amines) is 1. The molecule has 0 atom stereocenters. The van der Waals surface area contributed by atoms with E-state index in [-0.39, 0.29) is 25.0 Å². The largest absolute Gasteiger partial charge is 0.481 e. The first-order valence-electron chi connectivity index (χ1n) is 6.35. The van der Waals surface area contributed by atoms with Crippen LogP contribution in [0.25, 0.3) is 0 Å². The van der Waals surface area contributed by atoms with Gasteiger partial charge in [0.25, 0.3) is 0 Å². The van der Waals surface area contributed by atoms with Crippen LogP contribution in [0.3, 0.4) is 0 Å². The van der Waals surface area contributed by atoms with Crippen molar-refractivity contribution in [2.75, 3.05) is 26.3 Å². The molecule has 0 aromatic heterocycles. The Bertz CT molecular complexity index is 274. The molecule has 0 aliphatic carbocycles. The number of amides is 1. The molecular formula is C12H21NO5. The van der Waals surface area contributed by atoms with E-state index in [0.29, 0.717) is 32.5 Å². The molecular weight excluding hydrogens is 238 g/mol. The molecule has 6 nitrogen and oxygen atoms in total. The lowest BCUT2D eigenvalue weighted by Crippen LogP contribution is -2.41. The Labute approximate surface area is 107 Å². The van der Waals surface area contributed by atoms with Gasteiger partial charge in [0, 0.05) is 25.9 Å². The third kappa shape index (κ3) is 5.46. The second-order valence-corrected chi connectivity index (χ2v) is 4.42. The summed E-state index contributed by atoms with van der Waals surface area (Å²) in [5.41, 5.74) is 0. The molecule has 0 saturated carbocycles. The number of aliphatic hydroxyl groups is 1. The van der Waals surface area contributed by atoms with Crippen LogP contribution in [0.15, 0.2) is 0 Å². The molecule has 1 saturated heterocycles. The fourth-order valence-corrected chi connectivity index (χ4v) is 2.04. The van der Waals surface area contributed by atoms with Crippen LogP contribution in [0.2, 0.25) is 0 Å². The van der Waals surface area contributed by atoms with Gasteiger partial charge in [-0.1, -0.05) is 0 Å². The van der Waals surface area contributed by atoms with Crippen LogP contribution in [-0.2, 0) is 14.3 Å². The summed E-state index contributed by atoms with van der Waals surface area (Å²) in [6.45, 7) is 1.68. The van der Waals surface area contributed by atoms with Gasteiger partial charge in [-0.25, -0.2) is 0 Å². The summed E-state index contributed by atoms with van der Waals surface area (Å²) in [6, 6.07) is 0. The minimum Gasteiger partial charge on any atom is -0.481 e. The third-order valence-electron chi connectivity index (χ3n) is 3.02. The number of aliphatic carboxylic acids is 1. The average Bonchev–Trinajstić information content (AvgIpc) is 2.36. The van der Waals surface area contributed by atoms with Crippen molar-refractivity contribution in [3.05, 3.63) is 0 Å². The van der Waals surface area contributed by atoms with E-state index in [1.165, 1.54) is 0 Å². The quantitative estimate of drug-likeness (QED) is 0.684. The first-order valence-corrected chi connectivity index (χ1v) is 6.35. The van der Waals surface area contributed by atoms with E-state index in [1.807, 2.05) is 0 Å². The normalized spacial score (nSPS) is 16.8. The zero-order valence-electron chi connectivity index (χ0n) is 10.5. The summed E-state index contributed by atoms with van der Waals surface area (Å²) in [5, 5.41) is 17.1. The number of carboxylic acid groups (broad SMARTS) is 1. The Morgan fingerprint density at radius 2 is 1.89 bits per heavy atom. The molecule has 1 rings (SSSR count). The number of nitrogens with zero attached hydrogens (tertiary/aromatic N) is 1. The minimum atomic E-state index is -0.862. The van der Waals surface area contributed by atoms with E-state index in [4.69, 9.17) is 14.9 Å². The van der Waals surface area contributed by atoms with Gasteiger partial charge in [0.15, 0.2) is 0 Å². The summed E-state index contributed by atoms with van der Waals surface area (Å²) in [7, 11) is 0. The van der Waals surface area contributed by atoms with Crippen molar-refractivity contribution in [3.63, 3.8) is 0 Å². The predicted molar refractivity (Wildman–Crippen MR) is 64.1 cm³/mol. The van der Waals surface area contributed by atoms with Gasteiger partial charge in [0.1, 0.15) is 0 Å². The van der Waals surface area contributed by atoms with Crippen molar-refractivity contribution in [1.29, 1.82) is 0 Å². The Kier molecular flexibility index (Phi) is 6.67. The molecule has 1 fully saturated rings. The van der Waals surface area contributed by atoms with Crippen LogP contribution in [0.4, 0.5) is 0 Å². The van der Waals surface area contributed by atoms with E-state index in [1.54, 1.807) is 4.90 Å². The summed E-state index contributed by atoms with van der Waals surface area (Å²) < 4.78 is 5.41. The van der Waals surface area contributed by atoms with E-state index in [0.717, 1.165) is 12.8 Å². The number of hydrogen-bond acceptors (Lipinski definition) is 4. The summed E-state index contributed by atoms with van der Waals surface area (Å²) in [4.78, 5) is 23.9. The lowest BCUT2D eigenvalue weighted by molar-refractivity contribution is -0.137. The van der Waals surface area contributed by atoms with Crippen molar-refractivity contribution in [2.45, 2.75) is 38.2 Å². The molecule has 0 aromatic rings. The standard InChI is InChI=1S/C12H21NO5/c14-8-9-18-10-4-6-13(7-5-10)11(15)2-1-3-12(16)17/h10,14H,1-9H2,(H,16,17). The van der Waals surface area contributed by atoms with Gasteiger partial charge >= 0.3 is 5.97 Å². The number of aliphatic hydroxyl groups excluding tert-OH is 1. The van der Waals surface area contributed by atoms with Gasteiger partial charge in [-0.15, -0.1) is 0 Å². The Balaban J connectivity index is 2.17. The highest BCUT2D eigenvalue weighted by atomic mass is 16.5.